The highest BCUT2D eigenvalue weighted by Crippen LogP contribution is 2.24. The van der Waals surface area contributed by atoms with Crippen molar-refractivity contribution in [3.05, 3.63) is 23.8 Å². The van der Waals surface area contributed by atoms with E-state index in [0.29, 0.717) is 12.3 Å². The molecule has 0 atom stereocenters. The standard InChI is InChI=1S/C13H23N3O3S/c1-16(2)8-4-7-15-20(17,18)13-9-11(10-14)5-6-12(13)19-3/h5-6,9,15H,4,7-8,10,14H2,1-3H3. The van der Waals surface area contributed by atoms with Crippen LogP contribution in [-0.2, 0) is 16.6 Å². The fourth-order valence-corrected chi connectivity index (χ4v) is 3.03. The number of hydrogen-bond acceptors (Lipinski definition) is 5. The van der Waals surface area contributed by atoms with Crippen LogP contribution in [-0.4, -0.2) is 47.6 Å². The van der Waals surface area contributed by atoms with Crippen molar-refractivity contribution in [1.29, 1.82) is 0 Å². The second-order valence-electron chi connectivity index (χ2n) is 4.74. The zero-order valence-corrected chi connectivity index (χ0v) is 13.0. The van der Waals surface area contributed by atoms with Gasteiger partial charge in [-0.3, -0.25) is 0 Å². The third-order valence-corrected chi connectivity index (χ3v) is 4.31. The molecule has 0 bridgehead atoms. The predicted octanol–water partition coefficient (Wildman–Crippen LogP) is 0.384. The van der Waals surface area contributed by atoms with Gasteiger partial charge in [0.05, 0.1) is 7.11 Å². The maximum absolute atomic E-state index is 12.3. The van der Waals surface area contributed by atoms with Crippen molar-refractivity contribution in [2.45, 2.75) is 17.9 Å². The summed E-state index contributed by atoms with van der Waals surface area (Å²) in [6, 6.07) is 4.92. The Hall–Kier alpha value is -1.15. The molecule has 0 spiro atoms. The van der Waals surface area contributed by atoms with Crippen LogP contribution in [0.2, 0.25) is 0 Å². The van der Waals surface area contributed by atoms with E-state index in [1.807, 2.05) is 19.0 Å². The minimum Gasteiger partial charge on any atom is -0.495 e. The molecule has 20 heavy (non-hydrogen) atoms. The second-order valence-corrected chi connectivity index (χ2v) is 6.48. The molecule has 0 heterocycles. The van der Waals surface area contributed by atoms with E-state index in [9.17, 15) is 8.42 Å². The monoisotopic (exact) mass is 301 g/mol. The topological polar surface area (TPSA) is 84.7 Å². The summed E-state index contributed by atoms with van der Waals surface area (Å²) in [5.41, 5.74) is 6.30. The van der Waals surface area contributed by atoms with E-state index in [4.69, 9.17) is 10.5 Å². The number of methoxy groups -OCH3 is 1. The average Bonchev–Trinajstić information content (AvgIpc) is 2.42. The third kappa shape index (κ3) is 4.75. The Morgan fingerprint density at radius 1 is 1.35 bits per heavy atom. The van der Waals surface area contributed by atoms with Crippen LogP contribution in [0.15, 0.2) is 23.1 Å². The van der Waals surface area contributed by atoms with Crippen LogP contribution in [0.5, 0.6) is 5.75 Å². The largest absolute Gasteiger partial charge is 0.495 e. The number of rotatable bonds is 8. The van der Waals surface area contributed by atoms with Crippen molar-refractivity contribution in [3.8, 4) is 5.75 Å². The maximum atomic E-state index is 12.3. The lowest BCUT2D eigenvalue weighted by molar-refractivity contribution is 0.397. The summed E-state index contributed by atoms with van der Waals surface area (Å²) in [5, 5.41) is 0. The van der Waals surface area contributed by atoms with E-state index < -0.39 is 10.0 Å². The van der Waals surface area contributed by atoms with Crippen LogP contribution in [0.4, 0.5) is 0 Å². The summed E-state index contributed by atoms with van der Waals surface area (Å²) in [7, 11) is 1.76. The van der Waals surface area contributed by atoms with E-state index in [2.05, 4.69) is 4.72 Å². The van der Waals surface area contributed by atoms with Gasteiger partial charge in [0.15, 0.2) is 0 Å². The Kier molecular flexibility index (Phi) is 6.41. The molecule has 0 radical (unpaired) electrons. The van der Waals surface area contributed by atoms with Gasteiger partial charge < -0.3 is 15.4 Å². The molecule has 7 heteroatoms. The first kappa shape index (κ1) is 16.9. The summed E-state index contributed by atoms with van der Waals surface area (Å²) in [5.74, 6) is 0.322. The van der Waals surface area contributed by atoms with E-state index in [1.54, 1.807) is 18.2 Å². The lowest BCUT2D eigenvalue weighted by atomic mass is 10.2. The first-order chi connectivity index (χ1) is 9.40. The lowest BCUT2D eigenvalue weighted by Crippen LogP contribution is -2.27. The summed E-state index contributed by atoms with van der Waals surface area (Å²) in [4.78, 5) is 2.14. The zero-order chi connectivity index (χ0) is 15.2. The van der Waals surface area contributed by atoms with Crippen LogP contribution < -0.4 is 15.2 Å². The fraction of sp³-hybridized carbons (Fsp3) is 0.538. The lowest BCUT2D eigenvalue weighted by Gasteiger charge is -2.13. The molecule has 0 aliphatic heterocycles. The first-order valence-corrected chi connectivity index (χ1v) is 7.90. The van der Waals surface area contributed by atoms with Crippen molar-refractivity contribution in [2.24, 2.45) is 5.73 Å². The number of nitrogens with two attached hydrogens (primary N) is 1. The van der Waals surface area contributed by atoms with Gasteiger partial charge in [-0.1, -0.05) is 6.07 Å². The fourth-order valence-electron chi connectivity index (χ4n) is 1.74. The number of nitrogens with zero attached hydrogens (tertiary/aromatic N) is 1. The molecule has 114 valence electrons. The van der Waals surface area contributed by atoms with Crippen molar-refractivity contribution in [3.63, 3.8) is 0 Å². The van der Waals surface area contributed by atoms with Crippen molar-refractivity contribution < 1.29 is 13.2 Å². The second kappa shape index (κ2) is 7.58. The molecule has 0 aliphatic rings. The van der Waals surface area contributed by atoms with Gasteiger partial charge in [0.1, 0.15) is 10.6 Å². The first-order valence-electron chi connectivity index (χ1n) is 6.42. The van der Waals surface area contributed by atoms with Gasteiger partial charge in [0.25, 0.3) is 0 Å². The van der Waals surface area contributed by atoms with Crippen LogP contribution in [0.1, 0.15) is 12.0 Å². The van der Waals surface area contributed by atoms with E-state index in [1.165, 1.54) is 7.11 Å². The molecule has 1 aromatic carbocycles. The van der Waals surface area contributed by atoms with Gasteiger partial charge >= 0.3 is 0 Å². The molecular weight excluding hydrogens is 278 g/mol. The maximum Gasteiger partial charge on any atom is 0.244 e. The summed E-state index contributed by atoms with van der Waals surface area (Å²) in [6.07, 6.45) is 0.741. The molecule has 6 nitrogen and oxygen atoms in total. The molecule has 0 unspecified atom stereocenters. The molecule has 0 saturated heterocycles. The van der Waals surface area contributed by atoms with E-state index in [0.717, 1.165) is 18.5 Å². The highest BCUT2D eigenvalue weighted by molar-refractivity contribution is 7.89. The minimum atomic E-state index is -3.58. The SMILES string of the molecule is COc1ccc(CN)cc1S(=O)(=O)NCCCN(C)C. The molecule has 0 aliphatic carbocycles. The molecular formula is C13H23N3O3S. The smallest absolute Gasteiger partial charge is 0.244 e. The molecule has 0 amide bonds. The van der Waals surface area contributed by atoms with Gasteiger partial charge in [-0.05, 0) is 44.8 Å². The Labute approximate surface area is 121 Å². The van der Waals surface area contributed by atoms with Crippen LogP contribution in [0, 0.1) is 0 Å². The Balaban J connectivity index is 2.85. The van der Waals surface area contributed by atoms with Gasteiger partial charge in [0.2, 0.25) is 10.0 Å². The van der Waals surface area contributed by atoms with Gasteiger partial charge in [-0.2, -0.15) is 0 Å². The number of sulfonamides is 1. The zero-order valence-electron chi connectivity index (χ0n) is 12.2. The van der Waals surface area contributed by atoms with Crippen LogP contribution in [0.25, 0.3) is 0 Å². The third-order valence-electron chi connectivity index (χ3n) is 2.83. The Morgan fingerprint density at radius 3 is 2.60 bits per heavy atom. The number of nitrogens with one attached hydrogen (secondary N) is 1. The highest BCUT2D eigenvalue weighted by Gasteiger charge is 2.19. The Bertz CT molecular complexity index is 530. The predicted molar refractivity (Wildman–Crippen MR) is 79.2 cm³/mol. The molecule has 1 aromatic rings. The van der Waals surface area contributed by atoms with Crippen LogP contribution >= 0.6 is 0 Å². The minimum absolute atomic E-state index is 0.132. The molecule has 0 aromatic heterocycles. The van der Waals surface area contributed by atoms with Crippen molar-refractivity contribution in [1.82, 2.24) is 9.62 Å². The average molecular weight is 301 g/mol. The summed E-state index contributed by atoms with van der Waals surface area (Å²) in [6.45, 7) is 1.49. The Morgan fingerprint density at radius 2 is 2.05 bits per heavy atom. The number of hydrogen-bond donors (Lipinski definition) is 2. The van der Waals surface area contributed by atoms with Gasteiger partial charge in [-0.15, -0.1) is 0 Å². The number of ether oxygens (including phenoxy) is 1. The number of benzene rings is 1. The van der Waals surface area contributed by atoms with Crippen molar-refractivity contribution in [2.75, 3.05) is 34.3 Å². The molecule has 0 saturated carbocycles. The van der Waals surface area contributed by atoms with Crippen LogP contribution in [0.3, 0.4) is 0 Å². The molecule has 0 fully saturated rings. The van der Waals surface area contributed by atoms with E-state index >= 15 is 0 Å². The highest BCUT2D eigenvalue weighted by atomic mass is 32.2. The molecule has 3 N–H and O–H groups in total. The van der Waals surface area contributed by atoms with Gasteiger partial charge in [0, 0.05) is 13.1 Å². The van der Waals surface area contributed by atoms with Crippen molar-refractivity contribution >= 4 is 10.0 Å². The van der Waals surface area contributed by atoms with Gasteiger partial charge in [-0.25, -0.2) is 13.1 Å². The quantitative estimate of drug-likeness (QED) is 0.678. The van der Waals surface area contributed by atoms with E-state index in [-0.39, 0.29) is 11.4 Å². The molecule has 1 rings (SSSR count). The summed E-state index contributed by atoms with van der Waals surface area (Å²) >= 11 is 0. The normalized spacial score (nSPS) is 11.8. The summed E-state index contributed by atoms with van der Waals surface area (Å²) < 4.78 is 32.2.